The van der Waals surface area contributed by atoms with Gasteiger partial charge in [0.15, 0.2) is 5.82 Å². The number of hydrogen-bond donors (Lipinski definition) is 0. The van der Waals surface area contributed by atoms with E-state index in [-0.39, 0.29) is 0 Å². The van der Waals surface area contributed by atoms with E-state index in [1.165, 1.54) is 5.56 Å². The van der Waals surface area contributed by atoms with Crippen LogP contribution in [0.1, 0.15) is 29.8 Å². The number of tetrazole rings is 1. The molecule has 0 saturated carbocycles. The average Bonchev–Trinajstić information content (AvgIpc) is 3.10. The molecule has 0 N–H and O–H groups in total. The van der Waals surface area contributed by atoms with Gasteiger partial charge in [-0.2, -0.15) is 4.68 Å². The van der Waals surface area contributed by atoms with Crippen LogP contribution in [0.4, 0.5) is 0 Å². The van der Waals surface area contributed by atoms with Crippen molar-refractivity contribution < 1.29 is 0 Å². The maximum Gasteiger partial charge on any atom is 0.170 e. The molecule has 0 aliphatic carbocycles. The second-order valence-corrected chi connectivity index (χ2v) is 5.91. The van der Waals surface area contributed by atoms with Gasteiger partial charge in [0.25, 0.3) is 0 Å². The van der Waals surface area contributed by atoms with Crippen LogP contribution in [-0.4, -0.2) is 41.6 Å². The molecule has 24 heavy (non-hydrogen) atoms. The predicted octanol–water partition coefficient (Wildman–Crippen LogP) is 1.57. The van der Waals surface area contributed by atoms with E-state index in [4.69, 9.17) is 0 Å². The molecule has 1 aliphatic rings. The van der Waals surface area contributed by atoms with Gasteiger partial charge in [-0.3, -0.25) is 4.90 Å². The summed E-state index contributed by atoms with van der Waals surface area (Å²) in [6.07, 6.45) is 3.80. The Balaban J connectivity index is 1.54. The lowest BCUT2D eigenvalue weighted by Gasteiger charge is -2.27. The van der Waals surface area contributed by atoms with Crippen molar-refractivity contribution in [1.29, 1.82) is 0 Å². The van der Waals surface area contributed by atoms with Crippen LogP contribution in [0.25, 0.3) is 5.69 Å². The minimum absolute atomic E-state index is 0.701. The largest absolute Gasteiger partial charge is 0.290 e. The molecular weight excluding hydrogens is 302 g/mol. The van der Waals surface area contributed by atoms with E-state index in [1.54, 1.807) is 4.68 Å². The van der Waals surface area contributed by atoms with Gasteiger partial charge in [0.05, 0.1) is 17.9 Å². The number of nitrogens with zero attached hydrogens (tertiary/aromatic N) is 7. The topological polar surface area (TPSA) is 72.6 Å². The van der Waals surface area contributed by atoms with Gasteiger partial charge < -0.3 is 0 Å². The number of benzene rings is 1. The quantitative estimate of drug-likeness (QED) is 0.726. The first-order chi connectivity index (χ1) is 11.8. The molecular formula is C17H19N7. The monoisotopic (exact) mass is 321 g/mol. The standard InChI is InChI=1S/C17H19N7/c1-2-16-18-10-13-8-9-23(11-15(13)19-16)12-17-20-21-22-24(17)14-6-4-3-5-7-14/h3-7,10H,2,8-9,11-12H2,1H3. The van der Waals surface area contributed by atoms with Gasteiger partial charge in [-0.1, -0.05) is 25.1 Å². The number of para-hydroxylation sites is 1. The normalized spacial score (nSPS) is 14.5. The van der Waals surface area contributed by atoms with E-state index >= 15 is 0 Å². The lowest BCUT2D eigenvalue weighted by molar-refractivity contribution is 0.233. The number of fused-ring (bicyclic) bond motifs is 1. The Hall–Kier alpha value is -2.67. The first kappa shape index (κ1) is 14.9. The molecule has 0 saturated heterocycles. The van der Waals surface area contributed by atoms with Crippen LogP contribution in [0, 0.1) is 0 Å². The van der Waals surface area contributed by atoms with Gasteiger partial charge in [0.2, 0.25) is 0 Å². The van der Waals surface area contributed by atoms with Crippen molar-refractivity contribution in [2.24, 2.45) is 0 Å². The second kappa shape index (κ2) is 6.45. The number of aromatic nitrogens is 6. The van der Waals surface area contributed by atoms with E-state index in [9.17, 15) is 0 Å². The zero-order valence-corrected chi connectivity index (χ0v) is 13.6. The summed E-state index contributed by atoms with van der Waals surface area (Å²) in [5.41, 5.74) is 3.36. The zero-order valence-electron chi connectivity index (χ0n) is 13.6. The summed E-state index contributed by atoms with van der Waals surface area (Å²) in [4.78, 5) is 11.4. The number of rotatable bonds is 4. The Morgan fingerprint density at radius 1 is 1.17 bits per heavy atom. The molecule has 3 aromatic rings. The molecule has 7 heteroatoms. The van der Waals surface area contributed by atoms with E-state index in [1.807, 2.05) is 36.5 Å². The minimum atomic E-state index is 0.701. The average molecular weight is 321 g/mol. The van der Waals surface area contributed by atoms with E-state index < -0.39 is 0 Å². The summed E-state index contributed by atoms with van der Waals surface area (Å²) in [5, 5.41) is 12.2. The maximum absolute atomic E-state index is 4.68. The molecule has 4 rings (SSSR count). The highest BCUT2D eigenvalue weighted by atomic mass is 15.5. The van der Waals surface area contributed by atoms with E-state index in [0.717, 1.165) is 49.0 Å². The molecule has 122 valence electrons. The fourth-order valence-corrected chi connectivity index (χ4v) is 2.98. The van der Waals surface area contributed by atoms with Crippen molar-refractivity contribution in [2.75, 3.05) is 6.54 Å². The summed E-state index contributed by atoms with van der Waals surface area (Å²) >= 11 is 0. The molecule has 3 heterocycles. The Bertz CT molecular complexity index is 828. The predicted molar refractivity (Wildman–Crippen MR) is 88.4 cm³/mol. The summed E-state index contributed by atoms with van der Waals surface area (Å²) < 4.78 is 1.80. The highest BCUT2D eigenvalue weighted by Gasteiger charge is 2.20. The summed E-state index contributed by atoms with van der Waals surface area (Å²) in [7, 11) is 0. The zero-order chi connectivity index (χ0) is 16.4. The van der Waals surface area contributed by atoms with Gasteiger partial charge >= 0.3 is 0 Å². The van der Waals surface area contributed by atoms with Gasteiger partial charge in [-0.25, -0.2) is 9.97 Å². The van der Waals surface area contributed by atoms with Crippen LogP contribution >= 0.6 is 0 Å². The fourth-order valence-electron chi connectivity index (χ4n) is 2.98. The molecule has 0 atom stereocenters. The molecule has 0 fully saturated rings. The third kappa shape index (κ3) is 2.90. The molecule has 0 radical (unpaired) electrons. The summed E-state index contributed by atoms with van der Waals surface area (Å²) in [6, 6.07) is 9.97. The summed E-state index contributed by atoms with van der Waals surface area (Å²) in [6.45, 7) is 4.55. The van der Waals surface area contributed by atoms with Gasteiger partial charge in [-0.15, -0.1) is 5.10 Å². The molecule has 0 bridgehead atoms. The number of hydrogen-bond acceptors (Lipinski definition) is 6. The Morgan fingerprint density at radius 3 is 2.88 bits per heavy atom. The van der Waals surface area contributed by atoms with Crippen LogP contribution in [0.15, 0.2) is 36.5 Å². The molecule has 1 aromatic carbocycles. The van der Waals surface area contributed by atoms with Crippen molar-refractivity contribution in [3.05, 3.63) is 59.4 Å². The van der Waals surface area contributed by atoms with Crippen LogP contribution in [0.2, 0.25) is 0 Å². The van der Waals surface area contributed by atoms with Crippen molar-refractivity contribution in [3.63, 3.8) is 0 Å². The highest BCUT2D eigenvalue weighted by Crippen LogP contribution is 2.18. The lowest BCUT2D eigenvalue weighted by Crippen LogP contribution is -2.32. The van der Waals surface area contributed by atoms with E-state index in [2.05, 4.69) is 37.3 Å². The molecule has 1 aliphatic heterocycles. The van der Waals surface area contributed by atoms with Crippen molar-refractivity contribution in [2.45, 2.75) is 32.9 Å². The van der Waals surface area contributed by atoms with Crippen LogP contribution in [-0.2, 0) is 25.9 Å². The highest BCUT2D eigenvalue weighted by molar-refractivity contribution is 5.30. The lowest BCUT2D eigenvalue weighted by atomic mass is 10.1. The third-order valence-electron chi connectivity index (χ3n) is 4.29. The third-order valence-corrected chi connectivity index (χ3v) is 4.29. The molecule has 2 aromatic heterocycles. The first-order valence-corrected chi connectivity index (χ1v) is 8.22. The molecule has 0 unspecified atom stereocenters. The van der Waals surface area contributed by atoms with Crippen LogP contribution in [0.5, 0.6) is 0 Å². The van der Waals surface area contributed by atoms with E-state index in [0.29, 0.717) is 6.54 Å². The summed E-state index contributed by atoms with van der Waals surface area (Å²) in [5.74, 6) is 1.75. The Morgan fingerprint density at radius 2 is 2.04 bits per heavy atom. The van der Waals surface area contributed by atoms with Crippen molar-refractivity contribution >= 4 is 0 Å². The van der Waals surface area contributed by atoms with Crippen LogP contribution in [0.3, 0.4) is 0 Å². The first-order valence-electron chi connectivity index (χ1n) is 8.22. The van der Waals surface area contributed by atoms with Gasteiger partial charge in [0, 0.05) is 25.7 Å². The minimum Gasteiger partial charge on any atom is -0.290 e. The molecule has 0 amide bonds. The number of aryl methyl sites for hydroxylation is 1. The second-order valence-electron chi connectivity index (χ2n) is 5.91. The fraction of sp³-hybridized carbons (Fsp3) is 0.353. The maximum atomic E-state index is 4.68. The van der Waals surface area contributed by atoms with Gasteiger partial charge in [0.1, 0.15) is 5.82 Å². The Labute approximate surface area is 140 Å². The Kier molecular flexibility index (Phi) is 4.00. The van der Waals surface area contributed by atoms with Crippen LogP contribution < -0.4 is 0 Å². The smallest absolute Gasteiger partial charge is 0.170 e. The van der Waals surface area contributed by atoms with Gasteiger partial charge in [-0.05, 0) is 34.5 Å². The SMILES string of the molecule is CCc1ncc2c(n1)CN(Cc1nnnn1-c1ccccc1)CC2. The molecule has 0 spiro atoms. The van der Waals surface area contributed by atoms with Crippen molar-refractivity contribution in [3.8, 4) is 5.69 Å². The van der Waals surface area contributed by atoms with Crippen molar-refractivity contribution in [1.82, 2.24) is 35.1 Å². The molecule has 7 nitrogen and oxygen atoms in total.